The van der Waals surface area contributed by atoms with Crippen molar-refractivity contribution in [3.05, 3.63) is 35.9 Å². The van der Waals surface area contributed by atoms with Crippen molar-refractivity contribution in [1.82, 2.24) is 20.4 Å². The molecule has 0 radical (unpaired) electrons. The SMILES string of the molecule is CC[C@H](C)[C@@H]([C@@H](CC(=O)N1CCC[C@H]1[C@H](OC)[C@@H](C)C(=O)N[C@H](C(=O)OC)C1(c2ccccc2)CC1)OC)N(C)C(=O)[C@@H](NC(=O)C(C)(C)N)C(C)C. The van der Waals surface area contributed by atoms with Crippen LogP contribution in [0.5, 0.6) is 0 Å². The minimum Gasteiger partial charge on any atom is -0.467 e. The van der Waals surface area contributed by atoms with Gasteiger partial charge >= 0.3 is 5.97 Å². The monoisotopic (exact) mass is 743 g/mol. The molecule has 0 spiro atoms. The number of amides is 4. The fraction of sp³-hybridized carbons (Fsp3) is 0.725. The van der Waals surface area contributed by atoms with Crippen molar-refractivity contribution in [1.29, 1.82) is 0 Å². The first-order valence-electron chi connectivity index (χ1n) is 19.0. The van der Waals surface area contributed by atoms with E-state index in [1.165, 1.54) is 21.3 Å². The molecule has 1 aromatic rings. The van der Waals surface area contributed by atoms with Crippen LogP contribution in [0, 0.1) is 17.8 Å². The molecule has 1 saturated heterocycles. The van der Waals surface area contributed by atoms with Crippen LogP contribution in [0.2, 0.25) is 0 Å². The van der Waals surface area contributed by atoms with Crippen LogP contribution in [0.15, 0.2) is 30.3 Å². The van der Waals surface area contributed by atoms with Gasteiger partial charge in [-0.25, -0.2) is 4.79 Å². The number of likely N-dealkylation sites (tertiary alicyclic amines) is 1. The van der Waals surface area contributed by atoms with E-state index >= 15 is 0 Å². The molecule has 8 atom stereocenters. The van der Waals surface area contributed by atoms with Crippen LogP contribution < -0.4 is 16.4 Å². The number of nitrogens with two attached hydrogens (primary N) is 1. The average molecular weight is 744 g/mol. The molecule has 53 heavy (non-hydrogen) atoms. The van der Waals surface area contributed by atoms with Gasteiger partial charge in [-0.3, -0.25) is 19.2 Å². The van der Waals surface area contributed by atoms with E-state index in [1.807, 2.05) is 58.0 Å². The van der Waals surface area contributed by atoms with Crippen LogP contribution in [0.3, 0.4) is 0 Å². The summed E-state index contributed by atoms with van der Waals surface area (Å²) in [6.07, 6.45) is 2.24. The molecule has 1 aliphatic carbocycles. The summed E-state index contributed by atoms with van der Waals surface area (Å²) >= 11 is 0. The van der Waals surface area contributed by atoms with Crippen molar-refractivity contribution in [3.63, 3.8) is 0 Å². The highest BCUT2D eigenvalue weighted by Gasteiger charge is 2.55. The third kappa shape index (κ3) is 10.2. The van der Waals surface area contributed by atoms with Crippen molar-refractivity contribution in [2.75, 3.05) is 34.9 Å². The van der Waals surface area contributed by atoms with Crippen LogP contribution in [-0.2, 0) is 43.6 Å². The van der Waals surface area contributed by atoms with E-state index < -0.39 is 65.1 Å². The fourth-order valence-corrected chi connectivity index (χ4v) is 7.83. The van der Waals surface area contributed by atoms with E-state index in [0.29, 0.717) is 19.4 Å². The molecule has 1 aliphatic heterocycles. The number of rotatable bonds is 19. The molecule has 1 saturated carbocycles. The maximum absolute atomic E-state index is 14.2. The van der Waals surface area contributed by atoms with E-state index in [2.05, 4.69) is 10.6 Å². The van der Waals surface area contributed by atoms with Gasteiger partial charge in [-0.1, -0.05) is 71.4 Å². The molecule has 4 N–H and O–H groups in total. The second-order valence-electron chi connectivity index (χ2n) is 16.0. The molecular weight excluding hydrogens is 678 g/mol. The van der Waals surface area contributed by atoms with E-state index in [4.69, 9.17) is 19.9 Å². The number of methoxy groups -OCH3 is 3. The first-order chi connectivity index (χ1) is 24.9. The summed E-state index contributed by atoms with van der Waals surface area (Å²) in [4.78, 5) is 71.4. The quantitative estimate of drug-likeness (QED) is 0.180. The number of nitrogens with zero attached hydrogens (tertiary/aromatic N) is 2. The Balaban J connectivity index is 1.80. The van der Waals surface area contributed by atoms with E-state index in [-0.39, 0.29) is 36.0 Å². The standard InChI is InChI=1S/C40H65N5O8/c1-12-25(4)32(44(8)36(48)31(24(2)3)42-38(50)39(6,7)41)29(51-9)23-30(46)45-22-16-19-28(45)33(52-10)26(5)35(47)43-34(37(49)53-11)40(20-21-40)27-17-14-13-15-18-27/h13-15,17-18,24-26,28-29,31-34H,12,16,19-23,41H2,1-11H3,(H,42,50)(H,43,47)/t25-,26+,28-,29+,31-,32-,33+,34+/m0/s1. The number of hydrogen-bond donors (Lipinski definition) is 3. The van der Waals surface area contributed by atoms with Gasteiger partial charge in [-0.2, -0.15) is 0 Å². The van der Waals surface area contributed by atoms with Gasteiger partial charge in [0, 0.05) is 33.2 Å². The summed E-state index contributed by atoms with van der Waals surface area (Å²) in [6, 6.07) is 7.11. The Labute approximate surface area is 316 Å². The van der Waals surface area contributed by atoms with Gasteiger partial charge in [0.1, 0.15) is 12.1 Å². The highest BCUT2D eigenvalue weighted by molar-refractivity contribution is 5.92. The molecule has 13 heteroatoms. The van der Waals surface area contributed by atoms with Crippen molar-refractivity contribution in [3.8, 4) is 0 Å². The number of carbonyl (C=O) groups is 5. The first-order valence-corrected chi connectivity index (χ1v) is 19.0. The molecule has 13 nitrogen and oxygen atoms in total. The maximum Gasteiger partial charge on any atom is 0.329 e. The van der Waals surface area contributed by atoms with Gasteiger partial charge in [0.25, 0.3) is 0 Å². The molecule has 1 heterocycles. The van der Waals surface area contributed by atoms with Gasteiger partial charge in [0.15, 0.2) is 0 Å². The Kier molecular flexibility index (Phi) is 15.4. The minimum atomic E-state index is -1.17. The maximum atomic E-state index is 14.2. The zero-order valence-electron chi connectivity index (χ0n) is 33.8. The Morgan fingerprint density at radius 3 is 2.11 bits per heavy atom. The average Bonchev–Trinajstić information content (AvgIpc) is 3.80. The number of esters is 1. The molecule has 298 valence electrons. The number of carbonyl (C=O) groups excluding carboxylic acids is 5. The van der Waals surface area contributed by atoms with Crippen molar-refractivity contribution >= 4 is 29.6 Å². The highest BCUT2D eigenvalue weighted by Crippen LogP contribution is 2.51. The molecule has 0 bridgehead atoms. The second kappa shape index (κ2) is 18.7. The largest absolute Gasteiger partial charge is 0.467 e. The predicted octanol–water partition coefficient (Wildman–Crippen LogP) is 3.17. The van der Waals surface area contributed by atoms with Gasteiger partial charge in [0.2, 0.25) is 23.6 Å². The van der Waals surface area contributed by atoms with Gasteiger partial charge < -0.3 is 40.4 Å². The van der Waals surface area contributed by atoms with Crippen molar-refractivity contribution in [2.45, 2.75) is 134 Å². The summed E-state index contributed by atoms with van der Waals surface area (Å²) < 4.78 is 17.1. The van der Waals surface area contributed by atoms with Crippen LogP contribution in [0.1, 0.15) is 92.6 Å². The lowest BCUT2D eigenvalue weighted by molar-refractivity contribution is -0.149. The zero-order chi connectivity index (χ0) is 39.8. The van der Waals surface area contributed by atoms with E-state index in [9.17, 15) is 24.0 Å². The normalized spacial score (nSPS) is 20.7. The van der Waals surface area contributed by atoms with Crippen molar-refractivity contribution < 1.29 is 38.2 Å². The Morgan fingerprint density at radius 1 is 1.00 bits per heavy atom. The third-order valence-electron chi connectivity index (χ3n) is 11.5. The third-order valence-corrected chi connectivity index (χ3v) is 11.5. The lowest BCUT2D eigenvalue weighted by atomic mass is 9.86. The van der Waals surface area contributed by atoms with Crippen LogP contribution in [0.4, 0.5) is 0 Å². The molecule has 0 unspecified atom stereocenters. The van der Waals surface area contributed by atoms with Gasteiger partial charge in [0.05, 0.1) is 49.3 Å². The lowest BCUT2D eigenvalue weighted by Gasteiger charge is -2.41. The summed E-state index contributed by atoms with van der Waals surface area (Å²) in [7, 11) is 6.08. The molecule has 2 aliphatic rings. The second-order valence-corrected chi connectivity index (χ2v) is 16.0. The van der Waals surface area contributed by atoms with Gasteiger partial charge in [-0.05, 0) is 56.9 Å². The zero-order valence-corrected chi connectivity index (χ0v) is 33.8. The van der Waals surface area contributed by atoms with Crippen LogP contribution in [0.25, 0.3) is 0 Å². The summed E-state index contributed by atoms with van der Waals surface area (Å²) in [5.74, 6) is -2.72. The molecular formula is C40H65N5O8. The molecule has 0 aromatic heterocycles. The summed E-state index contributed by atoms with van der Waals surface area (Å²) in [5, 5.41) is 5.83. The van der Waals surface area contributed by atoms with E-state index in [1.54, 1.807) is 37.6 Å². The number of likely N-dealkylation sites (N-methyl/N-ethyl adjacent to an activating group) is 1. The minimum absolute atomic E-state index is 0.00478. The topological polar surface area (TPSA) is 170 Å². The highest BCUT2D eigenvalue weighted by atomic mass is 16.5. The van der Waals surface area contributed by atoms with E-state index in [0.717, 1.165) is 24.8 Å². The van der Waals surface area contributed by atoms with Crippen LogP contribution >= 0.6 is 0 Å². The predicted molar refractivity (Wildman–Crippen MR) is 202 cm³/mol. The fourth-order valence-electron chi connectivity index (χ4n) is 7.83. The summed E-state index contributed by atoms with van der Waals surface area (Å²) in [6.45, 7) is 13.2. The first kappa shape index (κ1) is 43.9. The van der Waals surface area contributed by atoms with Crippen LogP contribution in [-0.4, -0.2) is 116 Å². The number of ether oxygens (including phenoxy) is 3. The molecule has 4 amide bonds. The van der Waals surface area contributed by atoms with Crippen molar-refractivity contribution in [2.24, 2.45) is 23.5 Å². The Morgan fingerprint density at radius 2 is 1.62 bits per heavy atom. The Bertz CT molecular complexity index is 1410. The Hall–Kier alpha value is -3.55. The molecule has 2 fully saturated rings. The number of nitrogens with one attached hydrogen (secondary N) is 2. The number of hydrogen-bond acceptors (Lipinski definition) is 9. The smallest absolute Gasteiger partial charge is 0.329 e. The lowest BCUT2D eigenvalue weighted by Crippen LogP contribution is -2.60. The van der Waals surface area contributed by atoms with Gasteiger partial charge in [-0.15, -0.1) is 0 Å². The summed E-state index contributed by atoms with van der Waals surface area (Å²) in [5.41, 5.74) is 5.29. The number of benzene rings is 1. The molecule has 3 rings (SSSR count). The molecule has 1 aromatic carbocycles.